The van der Waals surface area contributed by atoms with Gasteiger partial charge in [0.15, 0.2) is 17.2 Å². The highest BCUT2D eigenvalue weighted by atomic mass is 35.5. The number of carboxylic acids is 3. The molecule has 0 amide bonds. The second-order valence-electron chi connectivity index (χ2n) is 14.0. The minimum Gasteiger partial charge on any atom is -0.480 e. The number of carboxylic acid groups (broad SMARTS) is 3. The molecule has 1 aromatic heterocycles. The summed E-state index contributed by atoms with van der Waals surface area (Å²) in [6.07, 6.45) is 8.18. The highest BCUT2D eigenvalue weighted by Gasteiger charge is 2.70. The van der Waals surface area contributed by atoms with Crippen LogP contribution in [-0.4, -0.2) is 60.9 Å². The predicted molar refractivity (Wildman–Crippen MR) is 183 cm³/mol. The molecule has 12 nitrogen and oxygen atoms in total. The number of ether oxygens (including phenoxy) is 1. The molecule has 1 aromatic carbocycles. The normalized spacial score (nSPS) is 32.9. The largest absolute Gasteiger partial charge is 0.480 e. The number of carbonyl (C=O) groups is 6. The number of aliphatic carboxylic acids is 3. The van der Waals surface area contributed by atoms with Crippen LogP contribution in [0.15, 0.2) is 45.8 Å². The molecule has 3 saturated carbocycles. The maximum atomic E-state index is 12.8. The molecule has 50 heavy (non-hydrogen) atoms. The Labute approximate surface area is 300 Å². The standard InChI is InChI=1S/C24H29ClO4.C9H6ClNO3S.C2H2O4/c1-12(26)24(29-13(2)27)8-6-16-14-10-20(25)19-11-21(28)15-9-18(15)23(19,4)17(14)5-7-22(16,24)3;10-5-2-1-3-6-8(5)11(4-7(12)13)9(14)15-6;3-1(4)2(5)6/h10-11,14-18H,5-9H2,1-4H3;1-3H,4H2,(H,12,13);(H,3,4)(H,5,6)/t14-,15+,16-,17-,18-,22-,23-,24-;;/m0../s1. The Morgan fingerprint density at radius 1 is 0.960 bits per heavy atom. The highest BCUT2D eigenvalue weighted by molar-refractivity contribution is 7.16. The Hall–Kier alpha value is -3.81. The van der Waals surface area contributed by atoms with E-state index in [-0.39, 0.29) is 57.5 Å². The number of esters is 1. The van der Waals surface area contributed by atoms with Crippen molar-refractivity contribution in [1.29, 1.82) is 0 Å². The van der Waals surface area contributed by atoms with E-state index in [0.29, 0.717) is 38.5 Å². The summed E-state index contributed by atoms with van der Waals surface area (Å²) in [4.78, 5) is 77.1. The van der Waals surface area contributed by atoms with Crippen molar-refractivity contribution >= 4 is 80.2 Å². The topological polar surface area (TPSA) is 194 Å². The number of aromatic nitrogens is 1. The Morgan fingerprint density at radius 2 is 1.60 bits per heavy atom. The van der Waals surface area contributed by atoms with E-state index >= 15 is 0 Å². The van der Waals surface area contributed by atoms with Crippen molar-refractivity contribution in [2.45, 2.75) is 71.9 Å². The number of benzene rings is 1. The zero-order chi connectivity index (χ0) is 37.1. The van der Waals surface area contributed by atoms with Crippen LogP contribution in [0.25, 0.3) is 10.2 Å². The quantitative estimate of drug-likeness (QED) is 0.262. The summed E-state index contributed by atoms with van der Waals surface area (Å²) in [6.45, 7) is 7.06. The van der Waals surface area contributed by atoms with Crippen LogP contribution in [-0.2, 0) is 40.0 Å². The van der Waals surface area contributed by atoms with Crippen LogP contribution >= 0.6 is 34.5 Å². The summed E-state index contributed by atoms with van der Waals surface area (Å²) in [5.74, 6) is -3.44. The number of nitrogens with zero attached hydrogens (tertiary/aromatic N) is 1. The van der Waals surface area contributed by atoms with Gasteiger partial charge in [-0.1, -0.05) is 60.5 Å². The van der Waals surface area contributed by atoms with Crippen molar-refractivity contribution < 1.29 is 48.8 Å². The lowest BCUT2D eigenvalue weighted by Gasteiger charge is -2.57. The number of Topliss-reactive ketones (excluding diaryl/α,β-unsaturated/α-hetero) is 1. The van der Waals surface area contributed by atoms with Crippen molar-refractivity contribution in [3.63, 3.8) is 0 Å². The van der Waals surface area contributed by atoms with Crippen LogP contribution in [0.1, 0.15) is 59.8 Å². The molecule has 0 unspecified atom stereocenters. The average Bonchev–Trinajstić information content (AvgIpc) is 3.71. The third-order valence-electron chi connectivity index (χ3n) is 11.6. The molecule has 268 valence electrons. The summed E-state index contributed by atoms with van der Waals surface area (Å²) >= 11 is 13.7. The molecule has 2 aromatic rings. The van der Waals surface area contributed by atoms with Crippen LogP contribution < -0.4 is 4.87 Å². The number of halogens is 2. The number of hydrogen-bond acceptors (Lipinski definition) is 9. The monoisotopic (exact) mass is 749 g/mol. The molecule has 3 N–H and O–H groups in total. The molecular formula is C35H37Cl2NO11S. The summed E-state index contributed by atoms with van der Waals surface area (Å²) in [5, 5.41) is 24.6. The molecular weight excluding hydrogens is 713 g/mol. The number of hydrogen-bond donors (Lipinski definition) is 3. The second kappa shape index (κ2) is 13.4. The van der Waals surface area contributed by atoms with Gasteiger partial charge in [0, 0.05) is 28.7 Å². The van der Waals surface area contributed by atoms with Crippen LogP contribution in [0.2, 0.25) is 5.02 Å². The number of rotatable bonds is 4. The fraction of sp³-hybridized carbons (Fsp3) is 0.514. The molecule has 0 bridgehead atoms. The first kappa shape index (κ1) is 37.4. The van der Waals surface area contributed by atoms with Crippen molar-refractivity contribution in [1.82, 2.24) is 4.57 Å². The van der Waals surface area contributed by atoms with Gasteiger partial charge in [-0.25, -0.2) is 9.59 Å². The molecule has 5 aliphatic carbocycles. The summed E-state index contributed by atoms with van der Waals surface area (Å²) < 4.78 is 7.69. The van der Waals surface area contributed by atoms with Gasteiger partial charge in [0.1, 0.15) is 6.54 Å². The van der Waals surface area contributed by atoms with E-state index in [2.05, 4.69) is 19.9 Å². The Bertz CT molecular complexity index is 1930. The van der Waals surface area contributed by atoms with Gasteiger partial charge in [-0.05, 0) is 86.5 Å². The van der Waals surface area contributed by atoms with E-state index < -0.39 is 23.5 Å². The predicted octanol–water partition coefficient (Wildman–Crippen LogP) is 5.56. The number of thiazole rings is 1. The maximum Gasteiger partial charge on any atom is 0.414 e. The van der Waals surface area contributed by atoms with Gasteiger partial charge in [0.05, 0.1) is 15.2 Å². The molecule has 0 spiro atoms. The summed E-state index contributed by atoms with van der Waals surface area (Å²) in [7, 11) is 0. The minimum absolute atomic E-state index is 0.0423. The van der Waals surface area contributed by atoms with Gasteiger partial charge >= 0.3 is 28.8 Å². The number of carbonyl (C=O) groups excluding carboxylic acids is 3. The third kappa shape index (κ3) is 6.11. The van der Waals surface area contributed by atoms with Crippen LogP contribution in [0.5, 0.6) is 0 Å². The fourth-order valence-corrected chi connectivity index (χ4v) is 11.0. The van der Waals surface area contributed by atoms with E-state index in [0.717, 1.165) is 42.6 Å². The van der Waals surface area contributed by atoms with Crippen molar-refractivity contribution in [2.75, 3.05) is 0 Å². The Morgan fingerprint density at radius 3 is 2.18 bits per heavy atom. The zero-order valence-electron chi connectivity index (χ0n) is 27.7. The smallest absolute Gasteiger partial charge is 0.414 e. The van der Waals surface area contributed by atoms with Crippen molar-refractivity contribution in [2.24, 2.45) is 40.4 Å². The minimum atomic E-state index is -1.82. The first-order chi connectivity index (χ1) is 23.3. The average molecular weight is 751 g/mol. The number of allylic oxidation sites excluding steroid dienone is 4. The van der Waals surface area contributed by atoms with Gasteiger partial charge in [0.2, 0.25) is 0 Å². The molecule has 0 aliphatic heterocycles. The SMILES string of the molecule is CC(=O)O[C@]1(C(C)=O)CC[C@H]2[C@@H]3C=C(Cl)C4=CC(=O)[C@@H]5C[C@@H]5[C@]4(C)[C@H]3CC[C@@]21C.O=C(O)C(=O)O.O=C(O)Cn1c(=O)sc2cccc(Cl)c21. The van der Waals surface area contributed by atoms with Crippen LogP contribution in [0.4, 0.5) is 0 Å². The lowest BCUT2D eigenvalue weighted by atomic mass is 9.47. The highest BCUT2D eigenvalue weighted by Crippen LogP contribution is 2.72. The molecule has 8 atom stereocenters. The summed E-state index contributed by atoms with van der Waals surface area (Å²) in [6, 6.07) is 5.10. The van der Waals surface area contributed by atoms with E-state index in [1.54, 1.807) is 25.1 Å². The van der Waals surface area contributed by atoms with Gasteiger partial charge in [-0.2, -0.15) is 0 Å². The van der Waals surface area contributed by atoms with E-state index in [1.165, 1.54) is 11.5 Å². The fourth-order valence-electron chi connectivity index (χ4n) is 9.39. The van der Waals surface area contributed by atoms with E-state index in [1.807, 2.05) is 6.08 Å². The van der Waals surface area contributed by atoms with Crippen LogP contribution in [0, 0.1) is 40.4 Å². The molecule has 3 fully saturated rings. The molecule has 1 heterocycles. The Balaban J connectivity index is 0.000000193. The van der Waals surface area contributed by atoms with E-state index in [4.69, 9.17) is 52.8 Å². The zero-order valence-corrected chi connectivity index (χ0v) is 30.1. The lowest BCUT2D eigenvalue weighted by Crippen LogP contribution is -2.58. The summed E-state index contributed by atoms with van der Waals surface area (Å²) in [5.41, 5.74) is 0.0419. The maximum absolute atomic E-state index is 12.8. The van der Waals surface area contributed by atoms with Crippen molar-refractivity contribution in [3.8, 4) is 0 Å². The van der Waals surface area contributed by atoms with Crippen molar-refractivity contribution in [3.05, 3.63) is 55.6 Å². The Kier molecular flexibility index (Phi) is 10.0. The molecule has 5 aliphatic rings. The second-order valence-corrected chi connectivity index (χ2v) is 15.8. The molecule has 7 rings (SSSR count). The van der Waals surface area contributed by atoms with E-state index in [9.17, 15) is 24.0 Å². The molecule has 0 saturated heterocycles. The number of para-hydroxylation sites is 1. The van der Waals surface area contributed by atoms with Gasteiger partial charge < -0.3 is 20.1 Å². The third-order valence-corrected chi connectivity index (χ3v) is 13.2. The van der Waals surface area contributed by atoms with Gasteiger partial charge in [-0.3, -0.25) is 28.5 Å². The van der Waals surface area contributed by atoms with Crippen LogP contribution in [0.3, 0.4) is 0 Å². The van der Waals surface area contributed by atoms with Gasteiger partial charge in [0.25, 0.3) is 0 Å². The number of ketones is 2. The van der Waals surface area contributed by atoms with Gasteiger partial charge in [-0.15, -0.1) is 0 Å². The first-order valence-corrected chi connectivity index (χ1v) is 17.7. The molecule has 15 heteroatoms. The lowest BCUT2D eigenvalue weighted by molar-refractivity contribution is -0.185. The molecule has 0 radical (unpaired) electrons. The first-order valence-electron chi connectivity index (χ1n) is 16.1. The number of fused-ring (bicyclic) bond motifs is 8.